The van der Waals surface area contributed by atoms with Crippen molar-refractivity contribution in [3.8, 4) is 33.9 Å². The molecule has 4 heterocycles. The summed E-state index contributed by atoms with van der Waals surface area (Å²) < 4.78 is 4.93. The van der Waals surface area contributed by atoms with Crippen molar-refractivity contribution in [2.75, 3.05) is 11.9 Å². The number of benzene rings is 2. The largest absolute Gasteiger partial charge is 0.361 e. The number of hydrogen-bond acceptors (Lipinski definition) is 9. The molecule has 4 aromatic heterocycles. The Morgan fingerprint density at radius 1 is 0.842 bits per heavy atom. The van der Waals surface area contributed by atoms with Gasteiger partial charge in [0.25, 0.3) is 0 Å². The highest BCUT2D eigenvalue weighted by Gasteiger charge is 2.20. The first-order valence-corrected chi connectivity index (χ1v) is 11.7. The van der Waals surface area contributed by atoms with Crippen LogP contribution < -0.4 is 10.6 Å². The van der Waals surface area contributed by atoms with Crippen molar-refractivity contribution in [3.05, 3.63) is 97.3 Å². The zero-order chi connectivity index (χ0) is 26.1. The number of aromatic nitrogens is 6. The molecule has 0 atom stereocenters. The predicted molar refractivity (Wildman–Crippen MR) is 142 cm³/mol. The zero-order valence-electron chi connectivity index (χ0n) is 20.2. The van der Waals surface area contributed by atoms with Crippen LogP contribution in [-0.2, 0) is 0 Å². The molecule has 0 spiro atoms. The van der Waals surface area contributed by atoms with Crippen LogP contribution in [0.5, 0.6) is 0 Å². The molecule has 0 bridgehead atoms. The summed E-state index contributed by atoms with van der Waals surface area (Å²) in [6, 6.07) is 23.6. The molecule has 2 N–H and O–H groups in total. The van der Waals surface area contributed by atoms with Crippen LogP contribution in [0.25, 0.3) is 44.8 Å². The molecule has 0 aliphatic carbocycles. The van der Waals surface area contributed by atoms with Crippen LogP contribution in [-0.4, -0.2) is 43.0 Å². The van der Waals surface area contributed by atoms with Crippen LogP contribution in [0.15, 0.2) is 95.9 Å². The molecule has 0 saturated heterocycles. The van der Waals surface area contributed by atoms with Gasteiger partial charge >= 0.3 is 11.8 Å². The van der Waals surface area contributed by atoms with Crippen LogP contribution in [0.3, 0.4) is 0 Å². The second-order valence-corrected chi connectivity index (χ2v) is 8.43. The number of nitrogens with zero attached hydrogens (tertiary/aromatic N) is 7. The molecule has 0 radical (unpaired) electrons. The first-order chi connectivity index (χ1) is 18.6. The normalized spacial score (nSPS) is 11.0. The maximum atomic E-state index is 11.4. The number of rotatable bonds is 6. The third-order valence-corrected chi connectivity index (χ3v) is 5.99. The van der Waals surface area contributed by atoms with Gasteiger partial charge in [-0.05, 0) is 35.4 Å². The van der Waals surface area contributed by atoms with Crippen molar-refractivity contribution in [2.45, 2.75) is 0 Å². The second kappa shape index (κ2) is 9.51. The standard InChI is InChI=1S/C28H20N8O2/c1-36(22-12-5-6-13-31-22)27-23-20(17-8-3-2-4-9-17)10-7-11-21(23)32-25(33-27)18-14-19(16-30-15-18)26-34-28(24(29)37)38-35-26/h2-16H,1H3,(H2,29,37). The molecule has 10 nitrogen and oxygen atoms in total. The van der Waals surface area contributed by atoms with Crippen LogP contribution in [0, 0.1) is 0 Å². The number of carbonyl (C=O) groups is 1. The molecular weight excluding hydrogens is 480 g/mol. The lowest BCUT2D eigenvalue weighted by atomic mass is 10.0. The fraction of sp³-hybridized carbons (Fsp3) is 0.0357. The van der Waals surface area contributed by atoms with E-state index in [9.17, 15) is 4.79 Å². The molecule has 0 saturated carbocycles. The Kier molecular flexibility index (Phi) is 5.74. The molecule has 6 rings (SSSR count). The van der Waals surface area contributed by atoms with Crippen molar-refractivity contribution in [1.82, 2.24) is 30.1 Å². The smallest absolute Gasteiger partial charge is 0.316 e. The zero-order valence-corrected chi connectivity index (χ0v) is 20.2. The number of carbonyl (C=O) groups excluding carboxylic acids is 1. The summed E-state index contributed by atoms with van der Waals surface area (Å²) in [6.07, 6.45) is 4.97. The van der Waals surface area contributed by atoms with E-state index >= 15 is 0 Å². The van der Waals surface area contributed by atoms with Crippen molar-refractivity contribution in [1.29, 1.82) is 0 Å². The topological polar surface area (TPSA) is 137 Å². The van der Waals surface area contributed by atoms with Crippen molar-refractivity contribution in [2.24, 2.45) is 5.73 Å². The van der Waals surface area contributed by atoms with E-state index in [2.05, 4.69) is 38.3 Å². The molecule has 10 heteroatoms. The van der Waals surface area contributed by atoms with E-state index in [0.29, 0.717) is 22.8 Å². The minimum absolute atomic E-state index is 0.186. The number of amides is 1. The molecule has 0 aliphatic rings. The lowest BCUT2D eigenvalue weighted by Gasteiger charge is -2.21. The van der Waals surface area contributed by atoms with Gasteiger partial charge in [-0.1, -0.05) is 53.7 Å². The lowest BCUT2D eigenvalue weighted by Crippen LogP contribution is -2.14. The number of nitrogens with two attached hydrogens (primary N) is 1. The summed E-state index contributed by atoms with van der Waals surface area (Å²) in [4.78, 5) is 36.1. The highest BCUT2D eigenvalue weighted by Crippen LogP contribution is 2.37. The van der Waals surface area contributed by atoms with Crippen molar-refractivity contribution in [3.63, 3.8) is 0 Å². The number of pyridine rings is 2. The van der Waals surface area contributed by atoms with Crippen molar-refractivity contribution >= 4 is 28.4 Å². The van der Waals surface area contributed by atoms with Gasteiger partial charge in [0.2, 0.25) is 5.82 Å². The average Bonchev–Trinajstić information content (AvgIpc) is 3.48. The Bertz CT molecular complexity index is 1770. The predicted octanol–water partition coefficient (Wildman–Crippen LogP) is 4.67. The lowest BCUT2D eigenvalue weighted by molar-refractivity contribution is 0.0958. The third-order valence-electron chi connectivity index (χ3n) is 5.99. The fourth-order valence-electron chi connectivity index (χ4n) is 4.18. The molecule has 38 heavy (non-hydrogen) atoms. The number of hydrogen-bond donors (Lipinski definition) is 1. The fourth-order valence-corrected chi connectivity index (χ4v) is 4.18. The van der Waals surface area contributed by atoms with Gasteiger partial charge in [0.05, 0.1) is 10.9 Å². The highest BCUT2D eigenvalue weighted by molar-refractivity contribution is 6.03. The monoisotopic (exact) mass is 500 g/mol. The van der Waals surface area contributed by atoms with Gasteiger partial charge < -0.3 is 15.2 Å². The van der Waals surface area contributed by atoms with Crippen LogP contribution in [0.1, 0.15) is 10.7 Å². The molecule has 0 unspecified atom stereocenters. The van der Waals surface area contributed by atoms with Gasteiger partial charge in [-0.2, -0.15) is 4.98 Å². The summed E-state index contributed by atoms with van der Waals surface area (Å²) >= 11 is 0. The summed E-state index contributed by atoms with van der Waals surface area (Å²) in [5.41, 5.74) is 9.22. The van der Waals surface area contributed by atoms with Crippen LogP contribution in [0.2, 0.25) is 0 Å². The highest BCUT2D eigenvalue weighted by atomic mass is 16.5. The minimum Gasteiger partial charge on any atom is -0.361 e. The third kappa shape index (κ3) is 4.20. The maximum absolute atomic E-state index is 11.4. The van der Waals surface area contributed by atoms with E-state index in [0.717, 1.165) is 27.8 Å². The van der Waals surface area contributed by atoms with Gasteiger partial charge in [0, 0.05) is 36.8 Å². The maximum Gasteiger partial charge on any atom is 0.316 e. The summed E-state index contributed by atoms with van der Waals surface area (Å²) in [7, 11) is 1.93. The van der Waals surface area contributed by atoms with E-state index in [1.807, 2.05) is 60.5 Å². The Morgan fingerprint density at radius 2 is 1.63 bits per heavy atom. The average molecular weight is 501 g/mol. The summed E-state index contributed by atoms with van der Waals surface area (Å²) in [5, 5.41) is 4.73. The van der Waals surface area contributed by atoms with E-state index in [1.165, 1.54) is 0 Å². The van der Waals surface area contributed by atoms with Gasteiger partial charge in [0.15, 0.2) is 5.82 Å². The molecular formula is C28H20N8O2. The van der Waals surface area contributed by atoms with Gasteiger partial charge in [-0.3, -0.25) is 9.78 Å². The van der Waals surface area contributed by atoms with E-state index in [4.69, 9.17) is 20.2 Å². The Morgan fingerprint density at radius 3 is 2.37 bits per heavy atom. The molecule has 2 aromatic carbocycles. The van der Waals surface area contributed by atoms with Crippen LogP contribution >= 0.6 is 0 Å². The van der Waals surface area contributed by atoms with E-state index in [1.54, 1.807) is 24.7 Å². The Balaban J connectivity index is 1.55. The van der Waals surface area contributed by atoms with Gasteiger partial charge in [-0.15, -0.1) is 0 Å². The first kappa shape index (κ1) is 22.9. The number of anilines is 2. The van der Waals surface area contributed by atoms with Crippen LogP contribution in [0.4, 0.5) is 11.6 Å². The Labute approximate surface area is 216 Å². The van der Waals surface area contributed by atoms with E-state index < -0.39 is 5.91 Å². The minimum atomic E-state index is -0.804. The quantitative estimate of drug-likeness (QED) is 0.346. The molecule has 0 fully saturated rings. The SMILES string of the molecule is CN(c1ccccn1)c1nc(-c2cncc(-c3noc(C(N)=O)n3)c2)nc2cccc(-c3ccccc3)c12. The Hall–Kier alpha value is -5.51. The molecule has 1 amide bonds. The summed E-state index contributed by atoms with van der Waals surface area (Å²) in [5.74, 6) is 0.977. The van der Waals surface area contributed by atoms with Gasteiger partial charge in [0.1, 0.15) is 11.6 Å². The van der Waals surface area contributed by atoms with Gasteiger partial charge in [-0.25, -0.2) is 15.0 Å². The number of primary amides is 1. The first-order valence-electron chi connectivity index (χ1n) is 11.7. The molecule has 0 aliphatic heterocycles. The second-order valence-electron chi connectivity index (χ2n) is 8.43. The molecule has 184 valence electrons. The van der Waals surface area contributed by atoms with Crippen molar-refractivity contribution < 1.29 is 9.32 Å². The number of fused-ring (bicyclic) bond motifs is 1. The summed E-state index contributed by atoms with van der Waals surface area (Å²) in [6.45, 7) is 0. The molecule has 6 aromatic rings. The van der Waals surface area contributed by atoms with E-state index in [-0.39, 0.29) is 11.7 Å².